The lowest BCUT2D eigenvalue weighted by Gasteiger charge is -2.04. The summed E-state index contributed by atoms with van der Waals surface area (Å²) >= 11 is 1.64. The Balaban J connectivity index is 2.57. The molecule has 0 atom stereocenters. The second-order valence-electron chi connectivity index (χ2n) is 3.23. The molecule has 0 saturated carbocycles. The van der Waals surface area contributed by atoms with Gasteiger partial charge in [-0.2, -0.15) is 15.0 Å². The zero-order valence-corrected chi connectivity index (χ0v) is 10.8. The lowest BCUT2D eigenvalue weighted by molar-refractivity contribution is 0.374. The van der Waals surface area contributed by atoms with Crippen molar-refractivity contribution in [3.05, 3.63) is 0 Å². The molecule has 0 aliphatic rings. The first-order valence-corrected chi connectivity index (χ1v) is 6.39. The molecule has 0 bridgehead atoms. The number of rotatable bonds is 7. The van der Waals surface area contributed by atoms with Crippen molar-refractivity contribution in [3.8, 4) is 6.01 Å². The number of nitrogens with zero attached hydrogens (tertiary/aromatic N) is 3. The van der Waals surface area contributed by atoms with Gasteiger partial charge in [-0.15, -0.1) is 0 Å². The van der Waals surface area contributed by atoms with Crippen LogP contribution in [0.3, 0.4) is 0 Å². The average molecular weight is 242 g/mol. The van der Waals surface area contributed by atoms with E-state index >= 15 is 0 Å². The summed E-state index contributed by atoms with van der Waals surface area (Å²) < 4.78 is 5.01. The number of methoxy groups -OCH3 is 1. The highest BCUT2D eigenvalue weighted by Crippen LogP contribution is 2.18. The van der Waals surface area contributed by atoms with E-state index in [1.165, 1.54) is 19.3 Å². The minimum atomic E-state index is 0.359. The normalized spacial score (nSPS) is 10.2. The Bertz CT molecular complexity index is 299. The topological polar surface area (TPSA) is 59.9 Å². The molecule has 1 aromatic rings. The Kier molecular flexibility index (Phi) is 5.92. The Morgan fingerprint density at radius 3 is 2.69 bits per heavy atom. The minimum Gasteiger partial charge on any atom is -0.467 e. The monoisotopic (exact) mass is 242 g/mol. The molecule has 0 fully saturated rings. The van der Waals surface area contributed by atoms with Gasteiger partial charge in [-0.1, -0.05) is 31.5 Å². The molecule has 0 unspecified atom stereocenters. The van der Waals surface area contributed by atoms with E-state index in [1.807, 2.05) is 0 Å². The number of thioether (sulfide) groups is 1. The molecule has 1 N–H and O–H groups in total. The first kappa shape index (κ1) is 13.0. The van der Waals surface area contributed by atoms with Crippen LogP contribution in [0, 0.1) is 0 Å². The molecule has 0 aromatic carbocycles. The SMILES string of the molecule is CCCCCSc1nc(NC)nc(OC)n1. The van der Waals surface area contributed by atoms with E-state index in [-0.39, 0.29) is 0 Å². The molecule has 0 aliphatic heterocycles. The number of hydrogen-bond donors (Lipinski definition) is 1. The third-order valence-electron chi connectivity index (χ3n) is 1.98. The van der Waals surface area contributed by atoms with Gasteiger partial charge in [-0.25, -0.2) is 0 Å². The first-order chi connectivity index (χ1) is 7.80. The number of nitrogens with one attached hydrogen (secondary N) is 1. The maximum absolute atomic E-state index is 5.01. The molecule has 0 aliphatic carbocycles. The lowest BCUT2D eigenvalue weighted by Crippen LogP contribution is -2.02. The van der Waals surface area contributed by atoms with Gasteiger partial charge in [0, 0.05) is 12.8 Å². The van der Waals surface area contributed by atoms with Crippen LogP contribution in [0.25, 0.3) is 0 Å². The van der Waals surface area contributed by atoms with Gasteiger partial charge in [-0.05, 0) is 6.42 Å². The number of ether oxygens (including phenoxy) is 1. The van der Waals surface area contributed by atoms with Crippen molar-refractivity contribution >= 4 is 17.7 Å². The third kappa shape index (κ3) is 4.22. The molecule has 6 heteroatoms. The van der Waals surface area contributed by atoms with Crippen molar-refractivity contribution < 1.29 is 4.74 Å². The summed E-state index contributed by atoms with van der Waals surface area (Å²) in [7, 11) is 3.33. The molecule has 5 nitrogen and oxygen atoms in total. The van der Waals surface area contributed by atoms with Crippen molar-refractivity contribution in [2.45, 2.75) is 31.3 Å². The highest BCUT2D eigenvalue weighted by molar-refractivity contribution is 7.99. The summed E-state index contributed by atoms with van der Waals surface area (Å²) in [4.78, 5) is 12.5. The van der Waals surface area contributed by atoms with Crippen LogP contribution in [-0.2, 0) is 0 Å². The molecule has 0 amide bonds. The van der Waals surface area contributed by atoms with Crippen LogP contribution in [-0.4, -0.2) is 34.9 Å². The van der Waals surface area contributed by atoms with Gasteiger partial charge in [0.05, 0.1) is 7.11 Å². The van der Waals surface area contributed by atoms with E-state index in [2.05, 4.69) is 27.2 Å². The average Bonchev–Trinajstić information content (AvgIpc) is 2.34. The number of hydrogen-bond acceptors (Lipinski definition) is 6. The summed E-state index contributed by atoms with van der Waals surface area (Å²) in [5.74, 6) is 1.58. The standard InChI is InChI=1S/C10H18N4OS/c1-4-5-6-7-16-10-13-8(11-2)12-9(14-10)15-3/h4-7H2,1-3H3,(H,11,12,13,14). The third-order valence-corrected chi connectivity index (χ3v) is 2.91. The van der Waals surface area contributed by atoms with Crippen LogP contribution < -0.4 is 10.1 Å². The van der Waals surface area contributed by atoms with E-state index in [0.717, 1.165) is 5.75 Å². The second-order valence-corrected chi connectivity index (χ2v) is 4.30. The molecule has 0 radical (unpaired) electrons. The predicted octanol–water partition coefficient (Wildman–Crippen LogP) is 2.20. The number of anilines is 1. The zero-order chi connectivity index (χ0) is 11.8. The Morgan fingerprint density at radius 1 is 1.25 bits per heavy atom. The number of unbranched alkanes of at least 4 members (excludes halogenated alkanes) is 2. The van der Waals surface area contributed by atoms with Gasteiger partial charge in [0.2, 0.25) is 5.95 Å². The molecule has 0 saturated heterocycles. The van der Waals surface area contributed by atoms with E-state index in [9.17, 15) is 0 Å². The van der Waals surface area contributed by atoms with Gasteiger partial charge < -0.3 is 10.1 Å². The molecule has 1 aromatic heterocycles. The van der Waals surface area contributed by atoms with E-state index < -0.39 is 0 Å². The van der Waals surface area contributed by atoms with E-state index in [4.69, 9.17) is 4.74 Å². The maximum Gasteiger partial charge on any atom is 0.321 e. The Morgan fingerprint density at radius 2 is 2.06 bits per heavy atom. The quantitative estimate of drug-likeness (QED) is 0.584. The minimum absolute atomic E-state index is 0.359. The fraction of sp³-hybridized carbons (Fsp3) is 0.700. The van der Waals surface area contributed by atoms with Crippen LogP contribution in [0.5, 0.6) is 6.01 Å². The van der Waals surface area contributed by atoms with E-state index in [0.29, 0.717) is 17.1 Å². The smallest absolute Gasteiger partial charge is 0.321 e. The van der Waals surface area contributed by atoms with Gasteiger partial charge in [0.25, 0.3) is 0 Å². The van der Waals surface area contributed by atoms with Gasteiger partial charge >= 0.3 is 6.01 Å². The molecular formula is C10H18N4OS. The molecule has 1 rings (SSSR count). The van der Waals surface area contributed by atoms with Crippen LogP contribution in [0.2, 0.25) is 0 Å². The highest BCUT2D eigenvalue weighted by atomic mass is 32.2. The summed E-state index contributed by atoms with van der Waals surface area (Å²) in [6, 6.07) is 0.359. The summed E-state index contributed by atoms with van der Waals surface area (Å²) in [5.41, 5.74) is 0. The molecular weight excluding hydrogens is 224 g/mol. The highest BCUT2D eigenvalue weighted by Gasteiger charge is 2.05. The lowest BCUT2D eigenvalue weighted by atomic mass is 10.3. The van der Waals surface area contributed by atoms with E-state index in [1.54, 1.807) is 25.9 Å². The van der Waals surface area contributed by atoms with Crippen molar-refractivity contribution in [1.29, 1.82) is 0 Å². The Hall–Kier alpha value is -1.04. The summed E-state index contributed by atoms with van der Waals surface area (Å²) in [5, 5.41) is 3.60. The fourth-order valence-electron chi connectivity index (χ4n) is 1.12. The fourth-order valence-corrected chi connectivity index (χ4v) is 1.95. The van der Waals surface area contributed by atoms with Gasteiger partial charge in [0.1, 0.15) is 0 Å². The van der Waals surface area contributed by atoms with Crippen LogP contribution in [0.4, 0.5) is 5.95 Å². The zero-order valence-electron chi connectivity index (χ0n) is 9.99. The predicted molar refractivity (Wildman–Crippen MR) is 66.2 cm³/mol. The van der Waals surface area contributed by atoms with Crippen LogP contribution >= 0.6 is 11.8 Å². The maximum atomic E-state index is 5.01. The van der Waals surface area contributed by atoms with Crippen LogP contribution in [0.1, 0.15) is 26.2 Å². The first-order valence-electron chi connectivity index (χ1n) is 5.40. The number of aromatic nitrogens is 3. The summed E-state index contributed by atoms with van der Waals surface area (Å²) in [6.07, 6.45) is 3.65. The van der Waals surface area contributed by atoms with Crippen molar-refractivity contribution in [2.75, 3.05) is 25.2 Å². The summed E-state index contributed by atoms with van der Waals surface area (Å²) in [6.45, 7) is 2.19. The molecule has 16 heavy (non-hydrogen) atoms. The molecule has 0 spiro atoms. The Labute approximate surface area is 100 Å². The second kappa shape index (κ2) is 7.27. The van der Waals surface area contributed by atoms with Crippen molar-refractivity contribution in [1.82, 2.24) is 15.0 Å². The van der Waals surface area contributed by atoms with Crippen molar-refractivity contribution in [2.24, 2.45) is 0 Å². The molecule has 1 heterocycles. The van der Waals surface area contributed by atoms with Gasteiger partial charge in [0.15, 0.2) is 5.16 Å². The van der Waals surface area contributed by atoms with Crippen molar-refractivity contribution in [3.63, 3.8) is 0 Å². The van der Waals surface area contributed by atoms with Crippen LogP contribution in [0.15, 0.2) is 5.16 Å². The molecule has 90 valence electrons. The largest absolute Gasteiger partial charge is 0.467 e. The van der Waals surface area contributed by atoms with Gasteiger partial charge in [-0.3, -0.25) is 0 Å².